The molecule has 0 aliphatic heterocycles. The minimum absolute atomic E-state index is 0.275. The zero-order chi connectivity index (χ0) is 12.7. The van der Waals surface area contributed by atoms with Gasteiger partial charge in [-0.15, -0.1) is 0 Å². The van der Waals surface area contributed by atoms with Crippen LogP contribution in [0.2, 0.25) is 0 Å². The molecule has 0 aromatic heterocycles. The average Bonchev–Trinajstić information content (AvgIpc) is 2.34. The molecule has 1 N–H and O–H groups in total. The lowest BCUT2D eigenvalue weighted by Gasteiger charge is -2.20. The van der Waals surface area contributed by atoms with E-state index >= 15 is 0 Å². The van der Waals surface area contributed by atoms with Crippen molar-refractivity contribution in [3.8, 4) is 0 Å². The van der Waals surface area contributed by atoms with E-state index in [1.54, 1.807) is 0 Å². The van der Waals surface area contributed by atoms with Crippen LogP contribution in [0.15, 0.2) is 18.2 Å². The van der Waals surface area contributed by atoms with Gasteiger partial charge >= 0.3 is 0 Å². The summed E-state index contributed by atoms with van der Waals surface area (Å²) in [6, 6.07) is 5.88. The van der Waals surface area contributed by atoms with Gasteiger partial charge < -0.3 is 10.0 Å². The van der Waals surface area contributed by atoms with Gasteiger partial charge in [0.15, 0.2) is 0 Å². The number of aldehydes is 1. The van der Waals surface area contributed by atoms with Gasteiger partial charge in [-0.05, 0) is 49.9 Å². The monoisotopic (exact) mass is 235 g/mol. The minimum atomic E-state index is 0.275. The smallest absolute Gasteiger partial charge is 0.150 e. The number of aryl methyl sites for hydroxylation is 1. The Kier molecular flexibility index (Phi) is 5.70. The second kappa shape index (κ2) is 7.07. The van der Waals surface area contributed by atoms with Gasteiger partial charge in [-0.3, -0.25) is 4.79 Å². The molecule has 0 amide bonds. The summed E-state index contributed by atoms with van der Waals surface area (Å²) in [6.45, 7) is 3.20. The Hall–Kier alpha value is -1.35. The number of carbonyl (C=O) groups excluding carboxylic acids is 1. The van der Waals surface area contributed by atoms with E-state index in [0.717, 1.165) is 48.9 Å². The Balaban J connectivity index is 2.54. The molecular formula is C14H21NO2. The lowest BCUT2D eigenvalue weighted by atomic mass is 10.1. The Morgan fingerprint density at radius 2 is 2.06 bits per heavy atom. The lowest BCUT2D eigenvalue weighted by molar-refractivity contribution is 0.112. The minimum Gasteiger partial charge on any atom is -0.396 e. The molecule has 0 fully saturated rings. The van der Waals surface area contributed by atoms with Crippen molar-refractivity contribution in [2.45, 2.75) is 26.2 Å². The highest BCUT2D eigenvalue weighted by molar-refractivity contribution is 5.78. The van der Waals surface area contributed by atoms with Gasteiger partial charge in [0.25, 0.3) is 0 Å². The summed E-state index contributed by atoms with van der Waals surface area (Å²) in [4.78, 5) is 12.9. The van der Waals surface area contributed by atoms with Gasteiger partial charge in [-0.2, -0.15) is 0 Å². The zero-order valence-electron chi connectivity index (χ0n) is 10.6. The number of aliphatic hydroxyl groups excluding tert-OH is 1. The number of carbonyl (C=O) groups is 1. The third kappa shape index (κ3) is 4.19. The molecular weight excluding hydrogens is 214 g/mol. The van der Waals surface area contributed by atoms with Crippen LogP contribution in [0.1, 0.15) is 35.2 Å². The standard InChI is InChI=1S/C14H21NO2/c1-12-10-14(7-6-13(12)11-17)15(2)8-4-3-5-9-16/h6-7,10-11,16H,3-5,8-9H2,1-2H3. The predicted molar refractivity (Wildman–Crippen MR) is 70.8 cm³/mol. The molecule has 1 rings (SSSR count). The largest absolute Gasteiger partial charge is 0.396 e. The van der Waals surface area contributed by atoms with Crippen LogP contribution in [0.5, 0.6) is 0 Å². The van der Waals surface area contributed by atoms with E-state index in [9.17, 15) is 4.79 Å². The van der Waals surface area contributed by atoms with Crippen molar-refractivity contribution in [1.29, 1.82) is 0 Å². The maximum absolute atomic E-state index is 10.7. The lowest BCUT2D eigenvalue weighted by Crippen LogP contribution is -2.18. The van der Waals surface area contributed by atoms with Gasteiger partial charge in [0.05, 0.1) is 0 Å². The van der Waals surface area contributed by atoms with Crippen molar-refractivity contribution in [2.75, 3.05) is 25.1 Å². The maximum Gasteiger partial charge on any atom is 0.150 e. The second-order valence-corrected chi connectivity index (χ2v) is 4.36. The summed E-state index contributed by atoms with van der Waals surface area (Å²) in [5.41, 5.74) is 2.90. The first-order valence-corrected chi connectivity index (χ1v) is 6.07. The molecule has 0 heterocycles. The number of anilines is 1. The van der Waals surface area contributed by atoms with E-state index in [1.165, 1.54) is 0 Å². The number of hydrogen-bond donors (Lipinski definition) is 1. The van der Waals surface area contributed by atoms with Crippen molar-refractivity contribution in [3.63, 3.8) is 0 Å². The van der Waals surface area contributed by atoms with Crippen LogP contribution in [-0.4, -0.2) is 31.6 Å². The van der Waals surface area contributed by atoms with E-state index in [1.807, 2.05) is 32.2 Å². The molecule has 1 aromatic carbocycles. The quantitative estimate of drug-likeness (QED) is 0.583. The van der Waals surface area contributed by atoms with Crippen molar-refractivity contribution in [1.82, 2.24) is 0 Å². The first kappa shape index (κ1) is 13.7. The fourth-order valence-electron chi connectivity index (χ4n) is 1.80. The predicted octanol–water partition coefficient (Wildman–Crippen LogP) is 2.41. The first-order valence-electron chi connectivity index (χ1n) is 6.07. The molecule has 0 saturated heterocycles. The van der Waals surface area contributed by atoms with Crippen LogP contribution in [0.25, 0.3) is 0 Å². The highest BCUT2D eigenvalue weighted by Gasteiger charge is 2.03. The van der Waals surface area contributed by atoms with Crippen molar-refractivity contribution in [3.05, 3.63) is 29.3 Å². The van der Waals surface area contributed by atoms with Crippen LogP contribution in [0.3, 0.4) is 0 Å². The fourth-order valence-corrected chi connectivity index (χ4v) is 1.80. The Bertz CT molecular complexity index is 363. The number of aliphatic hydroxyl groups is 1. The van der Waals surface area contributed by atoms with Gasteiger partial charge in [0, 0.05) is 31.5 Å². The van der Waals surface area contributed by atoms with Gasteiger partial charge in [0.1, 0.15) is 6.29 Å². The molecule has 17 heavy (non-hydrogen) atoms. The third-order valence-electron chi connectivity index (χ3n) is 2.97. The van der Waals surface area contributed by atoms with Crippen LogP contribution in [0, 0.1) is 6.92 Å². The van der Waals surface area contributed by atoms with Crippen molar-refractivity contribution >= 4 is 12.0 Å². The van der Waals surface area contributed by atoms with E-state index in [4.69, 9.17) is 5.11 Å². The molecule has 0 radical (unpaired) electrons. The summed E-state index contributed by atoms with van der Waals surface area (Å²) in [5, 5.41) is 8.70. The average molecular weight is 235 g/mol. The van der Waals surface area contributed by atoms with Crippen LogP contribution < -0.4 is 4.90 Å². The van der Waals surface area contributed by atoms with E-state index in [0.29, 0.717) is 0 Å². The van der Waals surface area contributed by atoms with Gasteiger partial charge in [0.2, 0.25) is 0 Å². The molecule has 3 heteroatoms. The molecule has 0 spiro atoms. The Morgan fingerprint density at radius 1 is 1.29 bits per heavy atom. The highest BCUT2D eigenvalue weighted by atomic mass is 16.2. The molecule has 0 bridgehead atoms. The summed E-state index contributed by atoms with van der Waals surface area (Å²) >= 11 is 0. The Morgan fingerprint density at radius 3 is 2.65 bits per heavy atom. The molecule has 0 aliphatic rings. The van der Waals surface area contributed by atoms with E-state index in [-0.39, 0.29) is 6.61 Å². The maximum atomic E-state index is 10.7. The second-order valence-electron chi connectivity index (χ2n) is 4.36. The molecule has 0 saturated carbocycles. The van der Waals surface area contributed by atoms with Gasteiger partial charge in [-0.1, -0.05) is 0 Å². The molecule has 1 aromatic rings. The SMILES string of the molecule is Cc1cc(N(C)CCCCCO)ccc1C=O. The van der Waals surface area contributed by atoms with Crippen LogP contribution in [0.4, 0.5) is 5.69 Å². The first-order chi connectivity index (χ1) is 8.19. The van der Waals surface area contributed by atoms with Gasteiger partial charge in [-0.25, -0.2) is 0 Å². The molecule has 94 valence electrons. The summed E-state index contributed by atoms with van der Waals surface area (Å²) in [5.74, 6) is 0. The fraction of sp³-hybridized carbons (Fsp3) is 0.500. The number of hydrogen-bond acceptors (Lipinski definition) is 3. The number of nitrogens with zero attached hydrogens (tertiary/aromatic N) is 1. The van der Waals surface area contributed by atoms with Crippen LogP contribution in [-0.2, 0) is 0 Å². The topological polar surface area (TPSA) is 40.5 Å². The third-order valence-corrected chi connectivity index (χ3v) is 2.97. The highest BCUT2D eigenvalue weighted by Crippen LogP contribution is 2.17. The van der Waals surface area contributed by atoms with Crippen LogP contribution >= 0.6 is 0 Å². The molecule has 0 atom stereocenters. The summed E-state index contributed by atoms with van der Waals surface area (Å²) in [6.07, 6.45) is 3.88. The Labute approximate surface area is 103 Å². The number of unbranched alkanes of at least 4 members (excludes halogenated alkanes) is 2. The number of benzene rings is 1. The van der Waals surface area contributed by atoms with E-state index < -0.39 is 0 Å². The normalized spacial score (nSPS) is 10.3. The molecule has 0 aliphatic carbocycles. The molecule has 0 unspecified atom stereocenters. The number of rotatable bonds is 7. The summed E-state index contributed by atoms with van der Waals surface area (Å²) < 4.78 is 0. The zero-order valence-corrected chi connectivity index (χ0v) is 10.6. The van der Waals surface area contributed by atoms with Crippen molar-refractivity contribution < 1.29 is 9.90 Å². The summed E-state index contributed by atoms with van der Waals surface area (Å²) in [7, 11) is 2.05. The van der Waals surface area contributed by atoms with Crippen molar-refractivity contribution in [2.24, 2.45) is 0 Å². The molecule has 3 nitrogen and oxygen atoms in total. The van der Waals surface area contributed by atoms with E-state index in [2.05, 4.69) is 4.90 Å².